The number of benzene rings is 1. The number of hydrogen-bond acceptors (Lipinski definition) is 4. The van der Waals surface area contributed by atoms with Crippen molar-refractivity contribution in [2.45, 2.75) is 43.0 Å². The average molecular weight is 394 g/mol. The molecule has 3 rings (SSSR count). The SMILES string of the molecule is O=C(NCC1CCCN(C(=O)CCSc2ccccc2F)C1)C1CCCN1. The summed E-state index contributed by atoms with van der Waals surface area (Å²) < 4.78 is 13.6. The van der Waals surface area contributed by atoms with Gasteiger partial charge in [0.05, 0.1) is 6.04 Å². The van der Waals surface area contributed by atoms with Gasteiger partial charge in [0.15, 0.2) is 0 Å². The van der Waals surface area contributed by atoms with Gasteiger partial charge in [0.2, 0.25) is 11.8 Å². The molecule has 148 valence electrons. The van der Waals surface area contributed by atoms with Crippen LogP contribution in [-0.2, 0) is 9.59 Å². The molecule has 2 aliphatic rings. The number of nitrogens with zero attached hydrogens (tertiary/aromatic N) is 1. The molecule has 0 spiro atoms. The third-order valence-electron chi connectivity index (χ3n) is 5.22. The summed E-state index contributed by atoms with van der Waals surface area (Å²) >= 11 is 1.38. The molecule has 1 aromatic rings. The molecular weight excluding hydrogens is 365 g/mol. The van der Waals surface area contributed by atoms with Crippen LogP contribution in [0.4, 0.5) is 4.39 Å². The molecule has 0 aromatic heterocycles. The number of nitrogens with one attached hydrogen (secondary N) is 2. The van der Waals surface area contributed by atoms with Crippen molar-refractivity contribution < 1.29 is 14.0 Å². The largest absolute Gasteiger partial charge is 0.354 e. The molecule has 27 heavy (non-hydrogen) atoms. The summed E-state index contributed by atoms with van der Waals surface area (Å²) in [6, 6.07) is 6.59. The Morgan fingerprint density at radius 3 is 2.89 bits per heavy atom. The molecule has 2 fully saturated rings. The number of carbonyl (C=O) groups excluding carboxylic acids is 2. The summed E-state index contributed by atoms with van der Waals surface area (Å²) in [6.07, 6.45) is 4.36. The number of likely N-dealkylation sites (tertiary alicyclic amines) is 1. The molecule has 0 bridgehead atoms. The van der Waals surface area contributed by atoms with Crippen LogP contribution in [0, 0.1) is 11.7 Å². The van der Waals surface area contributed by atoms with Gasteiger partial charge in [-0.1, -0.05) is 12.1 Å². The van der Waals surface area contributed by atoms with Crippen LogP contribution < -0.4 is 10.6 Å². The first-order valence-corrected chi connectivity index (χ1v) is 10.8. The maximum Gasteiger partial charge on any atom is 0.237 e. The quantitative estimate of drug-likeness (QED) is 0.699. The van der Waals surface area contributed by atoms with Gasteiger partial charge in [-0.05, 0) is 50.3 Å². The van der Waals surface area contributed by atoms with Crippen LogP contribution in [0.5, 0.6) is 0 Å². The Labute approximate surface area is 164 Å². The highest BCUT2D eigenvalue weighted by Crippen LogP contribution is 2.23. The normalized spacial score (nSPS) is 22.6. The van der Waals surface area contributed by atoms with Gasteiger partial charge in [-0.3, -0.25) is 9.59 Å². The second-order valence-electron chi connectivity index (χ2n) is 7.27. The number of thioether (sulfide) groups is 1. The Hall–Kier alpha value is -1.60. The monoisotopic (exact) mass is 393 g/mol. The zero-order valence-corrected chi connectivity index (χ0v) is 16.4. The number of rotatable bonds is 7. The van der Waals surface area contributed by atoms with Crippen molar-refractivity contribution >= 4 is 23.6 Å². The summed E-state index contributed by atoms with van der Waals surface area (Å²) in [5.74, 6) is 0.850. The minimum Gasteiger partial charge on any atom is -0.354 e. The highest BCUT2D eigenvalue weighted by molar-refractivity contribution is 7.99. The van der Waals surface area contributed by atoms with Gasteiger partial charge in [-0.2, -0.15) is 0 Å². The minimum atomic E-state index is -0.236. The van der Waals surface area contributed by atoms with Crippen LogP contribution in [-0.4, -0.2) is 54.7 Å². The number of hydrogen-bond donors (Lipinski definition) is 2. The Bertz CT molecular complexity index is 652. The van der Waals surface area contributed by atoms with E-state index in [4.69, 9.17) is 0 Å². The van der Waals surface area contributed by atoms with Crippen LogP contribution in [0.2, 0.25) is 0 Å². The zero-order chi connectivity index (χ0) is 19.1. The van der Waals surface area contributed by atoms with Gasteiger partial charge in [0.25, 0.3) is 0 Å². The van der Waals surface area contributed by atoms with Crippen molar-refractivity contribution in [1.29, 1.82) is 0 Å². The van der Waals surface area contributed by atoms with E-state index in [1.165, 1.54) is 17.8 Å². The maximum atomic E-state index is 13.6. The number of piperidine rings is 1. The fourth-order valence-electron chi connectivity index (χ4n) is 3.70. The molecule has 2 heterocycles. The van der Waals surface area contributed by atoms with Crippen LogP contribution in [0.25, 0.3) is 0 Å². The van der Waals surface area contributed by atoms with E-state index in [1.54, 1.807) is 18.2 Å². The van der Waals surface area contributed by atoms with E-state index in [0.717, 1.165) is 38.8 Å². The van der Waals surface area contributed by atoms with E-state index in [9.17, 15) is 14.0 Å². The summed E-state index contributed by atoms with van der Waals surface area (Å²) in [7, 11) is 0. The molecular formula is C20H28FN3O2S. The zero-order valence-electron chi connectivity index (χ0n) is 15.6. The van der Waals surface area contributed by atoms with Crippen molar-refractivity contribution in [3.05, 3.63) is 30.1 Å². The molecule has 5 nitrogen and oxygen atoms in total. The average Bonchev–Trinajstić information content (AvgIpc) is 3.23. The van der Waals surface area contributed by atoms with E-state index in [1.807, 2.05) is 4.90 Å². The standard InChI is InChI=1S/C20H28FN3O2S/c21-16-6-1-2-8-18(16)27-12-9-19(25)24-11-4-5-15(14-24)13-23-20(26)17-7-3-10-22-17/h1-2,6,8,15,17,22H,3-5,7,9-14H2,(H,23,26). The van der Waals surface area contributed by atoms with Crippen LogP contribution in [0.3, 0.4) is 0 Å². The predicted octanol–water partition coefficient (Wildman–Crippen LogP) is 2.41. The van der Waals surface area contributed by atoms with E-state index >= 15 is 0 Å². The third kappa shape index (κ3) is 5.94. The van der Waals surface area contributed by atoms with Crippen LogP contribution in [0.15, 0.2) is 29.2 Å². The molecule has 0 saturated carbocycles. The van der Waals surface area contributed by atoms with Gasteiger partial charge in [0.1, 0.15) is 5.82 Å². The molecule has 7 heteroatoms. The maximum absolute atomic E-state index is 13.6. The van der Waals surface area contributed by atoms with Crippen molar-refractivity contribution in [1.82, 2.24) is 15.5 Å². The van der Waals surface area contributed by atoms with Crippen molar-refractivity contribution in [2.75, 3.05) is 31.9 Å². The highest BCUT2D eigenvalue weighted by Gasteiger charge is 2.26. The molecule has 2 atom stereocenters. The molecule has 0 radical (unpaired) electrons. The fraction of sp³-hybridized carbons (Fsp3) is 0.600. The molecule has 2 aliphatic heterocycles. The molecule has 2 amide bonds. The Morgan fingerprint density at radius 1 is 1.26 bits per heavy atom. The Balaban J connectivity index is 1.38. The van der Waals surface area contributed by atoms with Gasteiger partial charge < -0.3 is 15.5 Å². The lowest BCUT2D eigenvalue weighted by atomic mass is 9.97. The smallest absolute Gasteiger partial charge is 0.237 e. The van der Waals surface area contributed by atoms with E-state index < -0.39 is 0 Å². The fourth-order valence-corrected chi connectivity index (χ4v) is 4.58. The lowest BCUT2D eigenvalue weighted by molar-refractivity contribution is -0.132. The second-order valence-corrected chi connectivity index (χ2v) is 8.41. The van der Waals surface area contributed by atoms with Crippen LogP contribution in [0.1, 0.15) is 32.1 Å². The van der Waals surface area contributed by atoms with Gasteiger partial charge in [-0.15, -0.1) is 11.8 Å². The summed E-state index contributed by atoms with van der Waals surface area (Å²) in [4.78, 5) is 27.1. The predicted molar refractivity (Wildman–Crippen MR) is 105 cm³/mol. The minimum absolute atomic E-state index is 0.0540. The van der Waals surface area contributed by atoms with E-state index in [0.29, 0.717) is 36.1 Å². The molecule has 1 aromatic carbocycles. The molecule has 2 saturated heterocycles. The van der Waals surface area contributed by atoms with Crippen molar-refractivity contribution in [3.8, 4) is 0 Å². The third-order valence-corrected chi connectivity index (χ3v) is 6.27. The Kier molecular flexibility index (Phi) is 7.52. The first kappa shape index (κ1) is 20.1. The van der Waals surface area contributed by atoms with Crippen molar-refractivity contribution in [3.63, 3.8) is 0 Å². The molecule has 0 aliphatic carbocycles. The topological polar surface area (TPSA) is 61.4 Å². The number of amides is 2. The Morgan fingerprint density at radius 2 is 2.11 bits per heavy atom. The first-order valence-electron chi connectivity index (χ1n) is 9.79. The number of halogens is 1. The van der Waals surface area contributed by atoms with E-state index in [-0.39, 0.29) is 23.7 Å². The second kappa shape index (κ2) is 10.1. The lowest BCUT2D eigenvalue weighted by Gasteiger charge is -2.33. The summed E-state index contributed by atoms with van der Waals surface area (Å²) in [6.45, 7) is 3.01. The first-order chi connectivity index (χ1) is 13.1. The summed E-state index contributed by atoms with van der Waals surface area (Å²) in [5, 5.41) is 6.25. The highest BCUT2D eigenvalue weighted by atomic mass is 32.2. The molecule has 2 unspecified atom stereocenters. The van der Waals surface area contributed by atoms with Gasteiger partial charge in [0, 0.05) is 36.7 Å². The molecule has 2 N–H and O–H groups in total. The van der Waals surface area contributed by atoms with E-state index in [2.05, 4.69) is 10.6 Å². The van der Waals surface area contributed by atoms with Crippen molar-refractivity contribution in [2.24, 2.45) is 5.92 Å². The van der Waals surface area contributed by atoms with Gasteiger partial charge >= 0.3 is 0 Å². The van der Waals surface area contributed by atoms with Gasteiger partial charge in [-0.25, -0.2) is 4.39 Å². The lowest BCUT2D eigenvalue weighted by Crippen LogP contribution is -2.46. The summed E-state index contributed by atoms with van der Waals surface area (Å²) in [5.41, 5.74) is 0. The van der Waals surface area contributed by atoms with Crippen LogP contribution >= 0.6 is 11.8 Å². The number of carbonyl (C=O) groups is 2.